The second-order valence-corrected chi connectivity index (χ2v) is 2.81. The van der Waals surface area contributed by atoms with Crippen LogP contribution in [0.1, 0.15) is 17.5 Å². The van der Waals surface area contributed by atoms with Gasteiger partial charge >= 0.3 is 5.97 Å². The fraction of sp³-hybridized carbons (Fsp3) is 0.182. The highest BCUT2D eigenvalue weighted by Crippen LogP contribution is 2.11. The number of carboxylic acids is 1. The second-order valence-electron chi connectivity index (χ2n) is 2.81. The van der Waals surface area contributed by atoms with Gasteiger partial charge in [0.15, 0.2) is 0 Å². The standard InChI is InChI=1S/C11H9FO3/c12-11-8(4-2-6-10(14)15)3-1-5-9(11)7-13/h1,3,5,13H,6-7H2,(H,14,15). The van der Waals surface area contributed by atoms with Gasteiger partial charge in [-0.25, -0.2) is 4.39 Å². The lowest BCUT2D eigenvalue weighted by Gasteiger charge is -1.99. The van der Waals surface area contributed by atoms with Crippen LogP contribution in [-0.2, 0) is 11.4 Å². The molecule has 0 amide bonds. The molecule has 0 aliphatic heterocycles. The lowest BCUT2D eigenvalue weighted by molar-refractivity contribution is -0.135. The molecule has 0 aromatic heterocycles. The lowest BCUT2D eigenvalue weighted by atomic mass is 10.1. The average Bonchev–Trinajstić information content (AvgIpc) is 2.20. The van der Waals surface area contributed by atoms with Crippen molar-refractivity contribution in [1.29, 1.82) is 0 Å². The van der Waals surface area contributed by atoms with Crippen LogP contribution in [-0.4, -0.2) is 16.2 Å². The topological polar surface area (TPSA) is 57.5 Å². The zero-order valence-electron chi connectivity index (χ0n) is 7.83. The van der Waals surface area contributed by atoms with Crippen molar-refractivity contribution < 1.29 is 19.4 Å². The number of hydrogen-bond donors (Lipinski definition) is 2. The Morgan fingerprint density at radius 2 is 2.20 bits per heavy atom. The zero-order chi connectivity index (χ0) is 11.3. The van der Waals surface area contributed by atoms with Crippen LogP contribution < -0.4 is 0 Å². The fourth-order valence-corrected chi connectivity index (χ4v) is 1.01. The largest absolute Gasteiger partial charge is 0.481 e. The van der Waals surface area contributed by atoms with E-state index < -0.39 is 18.4 Å². The van der Waals surface area contributed by atoms with Crippen molar-refractivity contribution in [1.82, 2.24) is 0 Å². The van der Waals surface area contributed by atoms with E-state index in [-0.39, 0.29) is 17.5 Å². The molecule has 3 nitrogen and oxygen atoms in total. The Morgan fingerprint density at radius 3 is 2.80 bits per heavy atom. The number of carbonyl (C=O) groups is 1. The molecule has 0 saturated carbocycles. The first-order valence-electron chi connectivity index (χ1n) is 4.24. The normalized spacial score (nSPS) is 9.20. The van der Waals surface area contributed by atoms with Crippen LogP contribution in [0.5, 0.6) is 0 Å². The molecule has 4 heteroatoms. The molecule has 1 aromatic rings. The van der Waals surface area contributed by atoms with Crippen LogP contribution in [0.4, 0.5) is 4.39 Å². The van der Waals surface area contributed by atoms with Crippen molar-refractivity contribution in [2.24, 2.45) is 0 Å². The van der Waals surface area contributed by atoms with E-state index in [2.05, 4.69) is 11.8 Å². The molecule has 0 radical (unpaired) electrons. The predicted octanol–water partition coefficient (Wildman–Crippen LogP) is 1.14. The average molecular weight is 208 g/mol. The van der Waals surface area contributed by atoms with Crippen molar-refractivity contribution in [3.8, 4) is 11.8 Å². The quantitative estimate of drug-likeness (QED) is 0.716. The summed E-state index contributed by atoms with van der Waals surface area (Å²) in [5.74, 6) is 3.07. The molecule has 0 aliphatic carbocycles. The summed E-state index contributed by atoms with van der Waals surface area (Å²) < 4.78 is 13.4. The van der Waals surface area contributed by atoms with E-state index in [1.54, 1.807) is 6.07 Å². The monoisotopic (exact) mass is 208 g/mol. The van der Waals surface area contributed by atoms with Crippen molar-refractivity contribution in [3.05, 3.63) is 35.1 Å². The molecule has 2 N–H and O–H groups in total. The summed E-state index contributed by atoms with van der Waals surface area (Å²) in [6.07, 6.45) is -0.331. The van der Waals surface area contributed by atoms with Gasteiger partial charge in [-0.2, -0.15) is 0 Å². The van der Waals surface area contributed by atoms with Gasteiger partial charge in [0.2, 0.25) is 0 Å². The maximum absolute atomic E-state index is 13.4. The summed E-state index contributed by atoms with van der Waals surface area (Å²) in [7, 11) is 0. The van der Waals surface area contributed by atoms with Crippen LogP contribution in [0, 0.1) is 17.7 Å². The number of aliphatic hydroxyl groups is 1. The van der Waals surface area contributed by atoms with Gasteiger partial charge in [-0.1, -0.05) is 24.0 Å². The van der Waals surface area contributed by atoms with Crippen LogP contribution in [0.3, 0.4) is 0 Å². The van der Waals surface area contributed by atoms with E-state index in [1.165, 1.54) is 12.1 Å². The summed E-state index contributed by atoms with van der Waals surface area (Å²) in [4.78, 5) is 10.2. The van der Waals surface area contributed by atoms with Gasteiger partial charge in [0.1, 0.15) is 12.2 Å². The third-order valence-corrected chi connectivity index (χ3v) is 1.71. The molecule has 0 atom stereocenters. The minimum atomic E-state index is -1.05. The van der Waals surface area contributed by atoms with E-state index in [9.17, 15) is 9.18 Å². The van der Waals surface area contributed by atoms with Gasteiger partial charge < -0.3 is 10.2 Å². The van der Waals surface area contributed by atoms with E-state index in [0.717, 1.165) is 0 Å². The van der Waals surface area contributed by atoms with Crippen molar-refractivity contribution in [2.75, 3.05) is 0 Å². The van der Waals surface area contributed by atoms with E-state index >= 15 is 0 Å². The first-order valence-corrected chi connectivity index (χ1v) is 4.24. The first kappa shape index (κ1) is 11.2. The van der Waals surface area contributed by atoms with E-state index in [1.807, 2.05) is 0 Å². The number of hydrogen-bond acceptors (Lipinski definition) is 2. The number of aliphatic carboxylic acids is 1. The first-order chi connectivity index (χ1) is 7.15. The van der Waals surface area contributed by atoms with Gasteiger partial charge in [-0.05, 0) is 6.07 Å². The maximum Gasteiger partial charge on any atom is 0.315 e. The van der Waals surface area contributed by atoms with Crippen LogP contribution in [0.15, 0.2) is 18.2 Å². The molecular weight excluding hydrogens is 199 g/mol. The molecule has 0 unspecified atom stereocenters. The molecule has 0 spiro atoms. The van der Waals surface area contributed by atoms with Crippen molar-refractivity contribution in [3.63, 3.8) is 0 Å². The summed E-state index contributed by atoms with van der Waals surface area (Å²) in [5.41, 5.74) is 0.250. The number of benzene rings is 1. The Hall–Kier alpha value is -1.86. The highest BCUT2D eigenvalue weighted by Gasteiger charge is 2.04. The number of halogens is 1. The summed E-state index contributed by atoms with van der Waals surface area (Å²) in [6.45, 7) is -0.402. The van der Waals surface area contributed by atoms with Gasteiger partial charge in [-0.3, -0.25) is 4.79 Å². The highest BCUT2D eigenvalue weighted by molar-refractivity contribution is 5.70. The van der Waals surface area contributed by atoms with Gasteiger partial charge in [0, 0.05) is 5.56 Å². The van der Waals surface area contributed by atoms with Crippen LogP contribution in [0.2, 0.25) is 0 Å². The Labute approximate surface area is 86.2 Å². The summed E-state index contributed by atoms with van der Waals surface area (Å²) >= 11 is 0. The number of aliphatic hydroxyl groups excluding tert-OH is 1. The molecule has 0 heterocycles. The second kappa shape index (κ2) is 5.13. The van der Waals surface area contributed by atoms with Gasteiger partial charge in [-0.15, -0.1) is 0 Å². The van der Waals surface area contributed by atoms with Gasteiger partial charge in [0.25, 0.3) is 0 Å². The zero-order valence-corrected chi connectivity index (χ0v) is 7.83. The van der Waals surface area contributed by atoms with Crippen molar-refractivity contribution >= 4 is 5.97 Å². The third kappa shape index (κ3) is 3.08. The molecule has 78 valence electrons. The molecule has 0 saturated heterocycles. The molecule has 15 heavy (non-hydrogen) atoms. The molecule has 0 fully saturated rings. The highest BCUT2D eigenvalue weighted by atomic mass is 19.1. The van der Waals surface area contributed by atoms with E-state index in [0.29, 0.717) is 0 Å². The third-order valence-electron chi connectivity index (χ3n) is 1.71. The van der Waals surface area contributed by atoms with Crippen molar-refractivity contribution in [2.45, 2.75) is 13.0 Å². The fourth-order valence-electron chi connectivity index (χ4n) is 1.01. The Bertz CT molecular complexity index is 429. The molecular formula is C11H9FO3. The minimum Gasteiger partial charge on any atom is -0.481 e. The smallest absolute Gasteiger partial charge is 0.315 e. The predicted molar refractivity (Wildman–Crippen MR) is 51.5 cm³/mol. The minimum absolute atomic E-state index is 0.0998. The molecule has 1 aromatic carbocycles. The molecule has 0 bridgehead atoms. The van der Waals surface area contributed by atoms with Gasteiger partial charge in [0.05, 0.1) is 12.2 Å². The number of rotatable bonds is 2. The summed E-state index contributed by atoms with van der Waals surface area (Å²) in [6, 6.07) is 4.43. The number of carboxylic acid groups (broad SMARTS) is 1. The molecule has 1 rings (SSSR count). The Balaban J connectivity index is 2.93. The van der Waals surface area contributed by atoms with Crippen LogP contribution in [0.25, 0.3) is 0 Å². The SMILES string of the molecule is O=C(O)CC#Cc1cccc(CO)c1F. The Kier molecular flexibility index (Phi) is 3.83. The van der Waals surface area contributed by atoms with Crippen LogP contribution >= 0.6 is 0 Å². The Morgan fingerprint density at radius 1 is 1.47 bits per heavy atom. The lowest BCUT2D eigenvalue weighted by Crippen LogP contribution is -1.94. The van der Waals surface area contributed by atoms with E-state index in [4.69, 9.17) is 10.2 Å². The maximum atomic E-state index is 13.4. The molecule has 0 aliphatic rings. The summed E-state index contributed by atoms with van der Waals surface area (Å²) in [5, 5.41) is 17.1.